The van der Waals surface area contributed by atoms with Crippen molar-refractivity contribution < 1.29 is 4.79 Å². The largest absolute Gasteiger partial charge is 0.322 e. The van der Waals surface area contributed by atoms with Crippen LogP contribution in [0.15, 0.2) is 48.5 Å². The van der Waals surface area contributed by atoms with Gasteiger partial charge in [0.25, 0.3) is 5.91 Å². The highest BCUT2D eigenvalue weighted by Gasteiger charge is 2.14. The molecule has 0 bridgehead atoms. The summed E-state index contributed by atoms with van der Waals surface area (Å²) >= 11 is 0. The van der Waals surface area contributed by atoms with Crippen LogP contribution >= 0.6 is 0 Å². The quantitative estimate of drug-likeness (QED) is 0.767. The van der Waals surface area contributed by atoms with E-state index in [1.807, 2.05) is 36.4 Å². The van der Waals surface area contributed by atoms with Crippen molar-refractivity contribution in [3.8, 4) is 0 Å². The fourth-order valence-corrected chi connectivity index (χ4v) is 2.46. The Morgan fingerprint density at radius 3 is 2.09 bits per heavy atom. The number of carbonyl (C=O) groups excluding carboxylic acids is 1. The Morgan fingerprint density at radius 2 is 1.57 bits per heavy atom. The number of unbranched alkanes of at least 4 members (excludes halogenated alkanes) is 1. The third-order valence-corrected chi connectivity index (χ3v) is 4.04. The molecule has 0 unspecified atom stereocenters. The van der Waals surface area contributed by atoms with Crippen molar-refractivity contribution in [1.82, 2.24) is 0 Å². The normalized spacial score (nSPS) is 11.3. The third kappa shape index (κ3) is 4.95. The van der Waals surface area contributed by atoms with Crippen molar-refractivity contribution in [2.24, 2.45) is 0 Å². The Morgan fingerprint density at radius 1 is 0.957 bits per heavy atom. The molecule has 0 radical (unpaired) electrons. The zero-order chi connectivity index (χ0) is 16.9. The lowest BCUT2D eigenvalue weighted by Gasteiger charge is -2.19. The summed E-state index contributed by atoms with van der Waals surface area (Å²) in [7, 11) is 0. The molecule has 0 atom stereocenters. The van der Waals surface area contributed by atoms with E-state index in [9.17, 15) is 4.79 Å². The van der Waals surface area contributed by atoms with E-state index in [-0.39, 0.29) is 11.3 Å². The van der Waals surface area contributed by atoms with E-state index < -0.39 is 0 Å². The van der Waals surface area contributed by atoms with Gasteiger partial charge in [0, 0.05) is 11.3 Å². The Hall–Kier alpha value is -2.09. The summed E-state index contributed by atoms with van der Waals surface area (Å²) < 4.78 is 0. The highest BCUT2D eigenvalue weighted by atomic mass is 16.1. The van der Waals surface area contributed by atoms with Crippen molar-refractivity contribution in [1.29, 1.82) is 0 Å². The monoisotopic (exact) mass is 309 g/mol. The summed E-state index contributed by atoms with van der Waals surface area (Å²) in [6, 6.07) is 16.0. The van der Waals surface area contributed by atoms with Gasteiger partial charge in [-0.2, -0.15) is 0 Å². The van der Waals surface area contributed by atoms with Crippen molar-refractivity contribution in [2.75, 3.05) is 5.32 Å². The Bertz CT molecular complexity index is 633. The molecule has 0 aliphatic rings. The molecule has 1 N–H and O–H groups in total. The van der Waals surface area contributed by atoms with Crippen LogP contribution in [-0.4, -0.2) is 5.91 Å². The zero-order valence-corrected chi connectivity index (χ0v) is 14.6. The molecular weight excluding hydrogens is 282 g/mol. The van der Waals surface area contributed by atoms with Gasteiger partial charge in [-0.05, 0) is 53.6 Å². The highest BCUT2D eigenvalue weighted by molar-refractivity contribution is 6.04. The number of hydrogen-bond acceptors (Lipinski definition) is 1. The van der Waals surface area contributed by atoms with Crippen LogP contribution in [0.25, 0.3) is 0 Å². The van der Waals surface area contributed by atoms with Gasteiger partial charge in [0.1, 0.15) is 0 Å². The van der Waals surface area contributed by atoms with E-state index >= 15 is 0 Å². The number of anilines is 1. The predicted octanol–water partition coefficient (Wildman–Crippen LogP) is 5.58. The van der Waals surface area contributed by atoms with Crippen LogP contribution in [0, 0.1) is 0 Å². The lowest BCUT2D eigenvalue weighted by molar-refractivity contribution is 0.102. The molecule has 2 rings (SSSR count). The molecule has 2 aromatic rings. The Labute approximate surface area is 139 Å². The zero-order valence-electron chi connectivity index (χ0n) is 14.6. The molecule has 0 aliphatic heterocycles. The molecule has 0 heterocycles. The van der Waals surface area contributed by atoms with E-state index in [4.69, 9.17) is 0 Å². The summed E-state index contributed by atoms with van der Waals surface area (Å²) in [5.41, 5.74) is 4.18. The van der Waals surface area contributed by atoms with Gasteiger partial charge in [0.2, 0.25) is 0 Å². The second-order valence-electron chi connectivity index (χ2n) is 7.08. The third-order valence-electron chi connectivity index (χ3n) is 4.04. The van der Waals surface area contributed by atoms with E-state index in [1.165, 1.54) is 24.0 Å². The van der Waals surface area contributed by atoms with Crippen molar-refractivity contribution in [2.45, 2.75) is 52.4 Å². The number of amides is 1. The van der Waals surface area contributed by atoms with Crippen molar-refractivity contribution in [3.05, 3.63) is 65.2 Å². The highest BCUT2D eigenvalue weighted by Crippen LogP contribution is 2.22. The van der Waals surface area contributed by atoms with Gasteiger partial charge < -0.3 is 5.32 Å². The molecule has 1 amide bonds. The summed E-state index contributed by atoms with van der Waals surface area (Å²) in [5.74, 6) is -0.0632. The topological polar surface area (TPSA) is 29.1 Å². The second-order valence-corrected chi connectivity index (χ2v) is 7.08. The van der Waals surface area contributed by atoms with E-state index in [0.717, 1.165) is 12.1 Å². The van der Waals surface area contributed by atoms with Crippen LogP contribution in [0.4, 0.5) is 5.69 Å². The molecule has 2 nitrogen and oxygen atoms in total. The van der Waals surface area contributed by atoms with Crippen LogP contribution in [0.2, 0.25) is 0 Å². The second kappa shape index (κ2) is 7.45. The SMILES string of the molecule is CCCCc1ccc(NC(=O)c2ccc(C(C)(C)C)cc2)cc1. The summed E-state index contributed by atoms with van der Waals surface area (Å²) in [4.78, 5) is 12.3. The smallest absolute Gasteiger partial charge is 0.255 e. The molecule has 0 aromatic heterocycles. The summed E-state index contributed by atoms with van der Waals surface area (Å²) in [5, 5.41) is 2.96. The average molecular weight is 309 g/mol. The van der Waals surface area contributed by atoms with Gasteiger partial charge in [0.15, 0.2) is 0 Å². The van der Waals surface area contributed by atoms with Crippen molar-refractivity contribution >= 4 is 11.6 Å². The molecule has 0 fully saturated rings. The number of nitrogens with one attached hydrogen (secondary N) is 1. The van der Waals surface area contributed by atoms with Crippen LogP contribution in [0.1, 0.15) is 62.0 Å². The minimum Gasteiger partial charge on any atom is -0.322 e. The maximum atomic E-state index is 12.3. The van der Waals surface area contributed by atoms with Crippen molar-refractivity contribution in [3.63, 3.8) is 0 Å². The molecular formula is C21H27NO. The lowest BCUT2D eigenvalue weighted by Crippen LogP contribution is -2.14. The van der Waals surface area contributed by atoms with Gasteiger partial charge >= 0.3 is 0 Å². The first kappa shape index (κ1) is 17.3. The fraction of sp³-hybridized carbons (Fsp3) is 0.381. The number of benzene rings is 2. The predicted molar refractivity (Wildman–Crippen MR) is 98.1 cm³/mol. The fourth-order valence-electron chi connectivity index (χ4n) is 2.46. The van der Waals surface area contributed by atoms with Gasteiger partial charge in [-0.15, -0.1) is 0 Å². The van der Waals surface area contributed by atoms with E-state index in [2.05, 4.69) is 45.1 Å². The van der Waals surface area contributed by atoms with Gasteiger partial charge in [-0.25, -0.2) is 0 Å². The molecule has 2 aromatic carbocycles. The molecule has 0 saturated carbocycles. The maximum Gasteiger partial charge on any atom is 0.255 e. The van der Waals surface area contributed by atoms with E-state index in [1.54, 1.807) is 0 Å². The molecule has 0 spiro atoms. The molecule has 23 heavy (non-hydrogen) atoms. The summed E-state index contributed by atoms with van der Waals surface area (Å²) in [6.07, 6.45) is 3.49. The van der Waals surface area contributed by atoms with Crippen LogP contribution in [0.5, 0.6) is 0 Å². The first-order chi connectivity index (χ1) is 10.9. The van der Waals surface area contributed by atoms with Crippen LogP contribution < -0.4 is 5.32 Å². The van der Waals surface area contributed by atoms with Crippen LogP contribution in [-0.2, 0) is 11.8 Å². The van der Waals surface area contributed by atoms with Gasteiger partial charge in [-0.1, -0.05) is 58.4 Å². The Kier molecular flexibility index (Phi) is 5.59. The van der Waals surface area contributed by atoms with Gasteiger partial charge in [0.05, 0.1) is 0 Å². The van der Waals surface area contributed by atoms with Gasteiger partial charge in [-0.3, -0.25) is 4.79 Å². The average Bonchev–Trinajstić information content (AvgIpc) is 2.53. The standard InChI is InChI=1S/C21H27NO/c1-5-6-7-16-8-14-19(15-9-16)22-20(23)17-10-12-18(13-11-17)21(2,3)4/h8-15H,5-7H2,1-4H3,(H,22,23). The van der Waals surface area contributed by atoms with Crippen LogP contribution in [0.3, 0.4) is 0 Å². The van der Waals surface area contributed by atoms with E-state index in [0.29, 0.717) is 5.56 Å². The number of rotatable bonds is 5. The minimum atomic E-state index is -0.0632. The first-order valence-electron chi connectivity index (χ1n) is 8.41. The number of hydrogen-bond donors (Lipinski definition) is 1. The molecule has 0 aliphatic carbocycles. The maximum absolute atomic E-state index is 12.3. The molecule has 122 valence electrons. The Balaban J connectivity index is 2.01. The first-order valence-corrected chi connectivity index (χ1v) is 8.41. The minimum absolute atomic E-state index is 0.0632. The molecule has 2 heteroatoms. The number of carbonyl (C=O) groups is 1. The number of aryl methyl sites for hydroxylation is 1. The summed E-state index contributed by atoms with van der Waals surface area (Å²) in [6.45, 7) is 8.70. The molecule has 0 saturated heterocycles. The lowest BCUT2D eigenvalue weighted by atomic mass is 9.87.